The molecule has 1 aliphatic heterocycles. The normalized spacial score (nSPS) is 43.0. The first kappa shape index (κ1) is 34.6. The molecule has 0 aromatic heterocycles. The zero-order valence-corrected chi connectivity index (χ0v) is 28.9. The Bertz CT molecular complexity index is 1220. The average molecular weight is 631 g/mol. The number of aliphatic hydroxyl groups is 3. The highest BCUT2D eigenvalue weighted by Crippen LogP contribution is 2.72. The molecule has 45 heavy (non-hydrogen) atoms. The summed E-state index contributed by atoms with van der Waals surface area (Å²) in [6.45, 7) is 17.3. The van der Waals surface area contributed by atoms with Crippen LogP contribution in [0, 0.1) is 39.4 Å². The average Bonchev–Trinajstić information content (AvgIpc) is 3.23. The van der Waals surface area contributed by atoms with Crippen LogP contribution in [0.1, 0.15) is 120 Å². The number of carbonyl (C=O) groups excluding carboxylic acids is 2. The molecule has 1 saturated heterocycles. The van der Waals surface area contributed by atoms with Gasteiger partial charge in [-0.15, -0.1) is 0 Å². The first-order valence-corrected chi connectivity index (χ1v) is 17.4. The van der Waals surface area contributed by atoms with E-state index in [0.29, 0.717) is 12.3 Å². The fourth-order valence-corrected chi connectivity index (χ4v) is 10.9. The Labute approximate surface area is 270 Å². The van der Waals surface area contributed by atoms with Crippen LogP contribution < -0.4 is 0 Å². The molecule has 0 amide bonds. The molecule has 254 valence electrons. The number of esters is 2. The van der Waals surface area contributed by atoms with Crippen LogP contribution in [0.25, 0.3) is 0 Å². The minimum absolute atomic E-state index is 0.0473. The second kappa shape index (κ2) is 12.4. The molecule has 1 heterocycles. The second-order valence-corrected chi connectivity index (χ2v) is 16.5. The monoisotopic (exact) mass is 630 g/mol. The van der Waals surface area contributed by atoms with Crippen molar-refractivity contribution in [3.05, 3.63) is 22.8 Å². The summed E-state index contributed by atoms with van der Waals surface area (Å²) in [5.41, 5.74) is 4.21. The van der Waals surface area contributed by atoms with Gasteiger partial charge in [0.2, 0.25) is 0 Å². The lowest BCUT2D eigenvalue weighted by atomic mass is 9.43. The smallest absolute Gasteiger partial charge is 0.309 e. The number of carbonyl (C=O) groups is 2. The van der Waals surface area contributed by atoms with Crippen LogP contribution in [0.3, 0.4) is 0 Å². The lowest BCUT2D eigenvalue weighted by Gasteiger charge is -2.62. The van der Waals surface area contributed by atoms with Crippen LogP contribution in [0.2, 0.25) is 0 Å². The molecule has 0 radical (unpaired) electrons. The first-order valence-electron chi connectivity index (χ1n) is 17.4. The summed E-state index contributed by atoms with van der Waals surface area (Å²) < 4.78 is 16.9. The number of rotatable bonds is 7. The number of aliphatic hydroxyl groups excluding tert-OH is 3. The van der Waals surface area contributed by atoms with Crippen molar-refractivity contribution in [3.8, 4) is 0 Å². The summed E-state index contributed by atoms with van der Waals surface area (Å²) in [6.07, 6.45) is 5.96. The van der Waals surface area contributed by atoms with Gasteiger partial charge < -0.3 is 29.5 Å². The van der Waals surface area contributed by atoms with Crippen molar-refractivity contribution < 1.29 is 39.1 Å². The Hall–Kier alpha value is -1.74. The van der Waals surface area contributed by atoms with Crippen molar-refractivity contribution in [1.29, 1.82) is 0 Å². The maximum Gasteiger partial charge on any atom is 0.309 e. The van der Waals surface area contributed by atoms with Crippen molar-refractivity contribution >= 4 is 11.9 Å². The highest BCUT2D eigenvalue weighted by Gasteiger charge is 2.64. The van der Waals surface area contributed by atoms with Crippen LogP contribution in [0.5, 0.6) is 0 Å². The standard InChI is InChI=1S/C37H58O8/c1-21(2)10-9-11-23(32(41)45-31-30(40)27(39)20-43-33(31)42)24-14-18-37(8)26-12-13-28-34(4,5)29(44-22(3)38)16-17-35(28,6)25(26)15-19-36(24,37)7/h10,23-24,27-31,33,39-40,42H,9,11-20H2,1-8H3. The lowest BCUT2D eigenvalue weighted by Crippen LogP contribution is -2.56. The van der Waals surface area contributed by atoms with E-state index in [1.54, 1.807) is 11.1 Å². The number of fused-ring (bicyclic) bond motifs is 4. The van der Waals surface area contributed by atoms with E-state index >= 15 is 0 Å². The fourth-order valence-electron chi connectivity index (χ4n) is 10.9. The SMILES string of the molecule is CC(=O)OC1CCC2(C)C3=C(CCC2C1(C)C)C1(C)CCC(C(CCC=C(C)C)C(=O)OC2C(O)OCC(O)C2O)C1(C)CC3. The Morgan fingerprint density at radius 1 is 0.933 bits per heavy atom. The molecule has 0 bridgehead atoms. The molecule has 11 atom stereocenters. The van der Waals surface area contributed by atoms with E-state index in [9.17, 15) is 24.9 Å². The first-order chi connectivity index (χ1) is 21.0. The van der Waals surface area contributed by atoms with Gasteiger partial charge in [-0.3, -0.25) is 9.59 Å². The number of ether oxygens (including phenoxy) is 3. The summed E-state index contributed by atoms with van der Waals surface area (Å²) in [7, 11) is 0. The van der Waals surface area contributed by atoms with E-state index in [2.05, 4.69) is 54.5 Å². The zero-order valence-electron chi connectivity index (χ0n) is 28.9. The second-order valence-electron chi connectivity index (χ2n) is 16.5. The fraction of sp³-hybridized carbons (Fsp3) is 0.838. The Morgan fingerprint density at radius 2 is 1.64 bits per heavy atom. The maximum atomic E-state index is 14.0. The maximum absolute atomic E-state index is 14.0. The third kappa shape index (κ3) is 5.74. The number of allylic oxidation sites excluding steroid dienone is 4. The number of hydrogen-bond acceptors (Lipinski definition) is 8. The zero-order chi connectivity index (χ0) is 33.1. The van der Waals surface area contributed by atoms with Crippen LogP contribution in [-0.4, -0.2) is 64.6 Å². The third-order valence-corrected chi connectivity index (χ3v) is 13.6. The summed E-state index contributed by atoms with van der Waals surface area (Å²) in [4.78, 5) is 26.0. The van der Waals surface area contributed by atoms with Gasteiger partial charge in [0, 0.05) is 12.3 Å². The molecular formula is C37H58O8. The predicted molar refractivity (Wildman–Crippen MR) is 171 cm³/mol. The van der Waals surface area contributed by atoms with Gasteiger partial charge in [0.1, 0.15) is 18.3 Å². The van der Waals surface area contributed by atoms with Crippen LogP contribution >= 0.6 is 0 Å². The van der Waals surface area contributed by atoms with Gasteiger partial charge in [0.25, 0.3) is 0 Å². The van der Waals surface area contributed by atoms with Gasteiger partial charge in [-0.2, -0.15) is 0 Å². The lowest BCUT2D eigenvalue weighted by molar-refractivity contribution is -0.262. The van der Waals surface area contributed by atoms with E-state index in [1.165, 1.54) is 12.5 Å². The Kier molecular flexibility index (Phi) is 9.51. The van der Waals surface area contributed by atoms with Crippen LogP contribution in [0.15, 0.2) is 22.8 Å². The topological polar surface area (TPSA) is 123 Å². The summed E-state index contributed by atoms with van der Waals surface area (Å²) in [5.74, 6) is -0.503. The van der Waals surface area contributed by atoms with Gasteiger partial charge in [-0.05, 0) is 106 Å². The summed E-state index contributed by atoms with van der Waals surface area (Å²) in [6, 6.07) is 0. The highest BCUT2D eigenvalue weighted by molar-refractivity contribution is 5.73. The Morgan fingerprint density at radius 3 is 2.31 bits per heavy atom. The molecule has 2 saturated carbocycles. The largest absolute Gasteiger partial charge is 0.462 e. The van der Waals surface area contributed by atoms with E-state index in [4.69, 9.17) is 14.2 Å². The van der Waals surface area contributed by atoms with Gasteiger partial charge in [0.15, 0.2) is 12.4 Å². The molecule has 5 aliphatic rings. The molecule has 4 aliphatic carbocycles. The molecule has 3 N–H and O–H groups in total. The molecule has 0 aromatic rings. The van der Waals surface area contributed by atoms with Crippen molar-refractivity contribution in [2.45, 2.75) is 150 Å². The highest BCUT2D eigenvalue weighted by atomic mass is 16.7. The van der Waals surface area contributed by atoms with Gasteiger partial charge in [-0.25, -0.2) is 0 Å². The van der Waals surface area contributed by atoms with Gasteiger partial charge >= 0.3 is 11.9 Å². The molecule has 8 heteroatoms. The molecule has 0 spiro atoms. The molecule has 5 rings (SSSR count). The minimum Gasteiger partial charge on any atom is -0.462 e. The van der Waals surface area contributed by atoms with Crippen molar-refractivity contribution in [2.75, 3.05) is 6.61 Å². The van der Waals surface area contributed by atoms with E-state index in [-0.39, 0.29) is 46.3 Å². The van der Waals surface area contributed by atoms with Gasteiger partial charge in [0.05, 0.1) is 12.5 Å². The van der Waals surface area contributed by atoms with Crippen LogP contribution in [-0.2, 0) is 23.8 Å². The predicted octanol–water partition coefficient (Wildman–Crippen LogP) is 6.01. The molecule has 0 aromatic carbocycles. The molecule has 11 unspecified atom stereocenters. The summed E-state index contributed by atoms with van der Waals surface area (Å²) >= 11 is 0. The van der Waals surface area contributed by atoms with E-state index in [0.717, 1.165) is 57.8 Å². The molecule has 3 fully saturated rings. The molecular weight excluding hydrogens is 572 g/mol. The Balaban J connectivity index is 1.45. The summed E-state index contributed by atoms with van der Waals surface area (Å²) in [5, 5.41) is 31.1. The van der Waals surface area contributed by atoms with Gasteiger partial charge in [-0.1, -0.05) is 57.4 Å². The quantitative estimate of drug-likeness (QED) is 0.231. The van der Waals surface area contributed by atoms with Crippen molar-refractivity contribution in [3.63, 3.8) is 0 Å². The number of hydrogen-bond donors (Lipinski definition) is 3. The minimum atomic E-state index is -1.48. The van der Waals surface area contributed by atoms with Crippen molar-refractivity contribution in [2.24, 2.45) is 39.4 Å². The van der Waals surface area contributed by atoms with E-state index in [1.807, 2.05) is 0 Å². The van der Waals surface area contributed by atoms with Crippen LogP contribution in [0.4, 0.5) is 0 Å². The third-order valence-electron chi connectivity index (χ3n) is 13.6. The van der Waals surface area contributed by atoms with E-state index < -0.39 is 36.5 Å². The molecule has 8 nitrogen and oxygen atoms in total. The van der Waals surface area contributed by atoms with Crippen molar-refractivity contribution in [1.82, 2.24) is 0 Å².